The SMILES string of the molecule is Cn1c2ccccc2c2nnc(N/N=C/[C@H](O)[C@@H](O)[C@H](O)[C@H](O)CO)nc21. The zero-order valence-electron chi connectivity index (χ0n) is 14.4. The van der Waals surface area contributed by atoms with Gasteiger partial charge in [0.2, 0.25) is 0 Å². The van der Waals surface area contributed by atoms with Crippen LogP contribution in [0.2, 0.25) is 0 Å². The zero-order chi connectivity index (χ0) is 19.6. The van der Waals surface area contributed by atoms with Crippen LogP contribution in [0.1, 0.15) is 0 Å². The molecule has 0 saturated carbocycles. The topological polar surface area (TPSA) is 169 Å². The van der Waals surface area contributed by atoms with E-state index in [4.69, 9.17) is 5.11 Å². The van der Waals surface area contributed by atoms with E-state index in [1.807, 2.05) is 35.9 Å². The highest BCUT2D eigenvalue weighted by Gasteiger charge is 2.29. The summed E-state index contributed by atoms with van der Waals surface area (Å²) in [6.07, 6.45) is -5.74. The lowest BCUT2D eigenvalue weighted by Gasteiger charge is -2.23. The summed E-state index contributed by atoms with van der Waals surface area (Å²) < 4.78 is 1.86. The molecule has 3 aromatic rings. The van der Waals surface area contributed by atoms with Crippen LogP contribution in [-0.4, -0.2) is 82.5 Å². The molecule has 0 fully saturated rings. The fraction of sp³-hybridized carbons (Fsp3) is 0.375. The molecule has 11 heteroatoms. The molecule has 0 amide bonds. The number of rotatable bonds is 7. The molecule has 0 saturated heterocycles. The maximum absolute atomic E-state index is 9.77. The number of anilines is 1. The molecule has 0 bridgehead atoms. The van der Waals surface area contributed by atoms with Gasteiger partial charge in [0, 0.05) is 12.4 Å². The van der Waals surface area contributed by atoms with Gasteiger partial charge in [0.25, 0.3) is 5.95 Å². The first kappa shape index (κ1) is 19.1. The van der Waals surface area contributed by atoms with E-state index in [2.05, 4.69) is 25.7 Å². The molecule has 1 aromatic carbocycles. The van der Waals surface area contributed by atoms with E-state index >= 15 is 0 Å². The van der Waals surface area contributed by atoms with E-state index in [-0.39, 0.29) is 5.95 Å². The average molecular weight is 376 g/mol. The van der Waals surface area contributed by atoms with Crippen molar-refractivity contribution in [3.8, 4) is 0 Å². The molecule has 2 heterocycles. The summed E-state index contributed by atoms with van der Waals surface area (Å²) in [7, 11) is 1.85. The lowest BCUT2D eigenvalue weighted by molar-refractivity contribution is -0.0999. The number of nitrogens with one attached hydrogen (secondary N) is 1. The standard InChI is InChI=1S/C16H20N6O5/c1-22-9-5-3-2-4-8(9)12-15(22)18-16(21-19-12)20-17-6-10(24)13(26)14(27)11(25)7-23/h2-6,10-11,13-14,23-27H,7H2,1H3,(H,18,20,21)/b17-6+/t10-,11+,13+,14+/m0/s1. The third-order valence-corrected chi connectivity index (χ3v) is 4.18. The second kappa shape index (κ2) is 7.90. The van der Waals surface area contributed by atoms with Gasteiger partial charge in [-0.1, -0.05) is 18.2 Å². The van der Waals surface area contributed by atoms with Crippen molar-refractivity contribution in [3.63, 3.8) is 0 Å². The highest BCUT2D eigenvalue weighted by molar-refractivity contribution is 6.04. The van der Waals surface area contributed by atoms with Crippen LogP contribution in [-0.2, 0) is 7.05 Å². The minimum atomic E-state index is -1.74. The number of aryl methyl sites for hydroxylation is 1. The van der Waals surface area contributed by atoms with Gasteiger partial charge >= 0.3 is 0 Å². The van der Waals surface area contributed by atoms with Gasteiger partial charge in [0.1, 0.15) is 29.9 Å². The third kappa shape index (κ3) is 3.72. The van der Waals surface area contributed by atoms with E-state index in [1.54, 1.807) is 0 Å². The Morgan fingerprint density at radius 3 is 2.63 bits per heavy atom. The molecule has 0 aliphatic carbocycles. The molecule has 27 heavy (non-hydrogen) atoms. The first-order valence-electron chi connectivity index (χ1n) is 8.14. The number of aliphatic hydroxyl groups excluding tert-OH is 5. The highest BCUT2D eigenvalue weighted by Crippen LogP contribution is 2.24. The van der Waals surface area contributed by atoms with Gasteiger partial charge in [-0.15, -0.1) is 10.2 Å². The summed E-state index contributed by atoms with van der Waals surface area (Å²) in [6, 6.07) is 7.67. The second-order valence-corrected chi connectivity index (χ2v) is 6.00. The van der Waals surface area contributed by atoms with E-state index in [9.17, 15) is 20.4 Å². The van der Waals surface area contributed by atoms with Crippen LogP contribution < -0.4 is 5.43 Å². The smallest absolute Gasteiger partial charge is 0.265 e. The number of benzene rings is 1. The minimum absolute atomic E-state index is 0.0716. The molecule has 2 aromatic heterocycles. The van der Waals surface area contributed by atoms with Crippen molar-refractivity contribution >= 4 is 34.2 Å². The fourth-order valence-electron chi connectivity index (χ4n) is 2.65. The first-order chi connectivity index (χ1) is 12.9. The number of aromatic nitrogens is 4. The Hall–Kier alpha value is -2.70. The maximum atomic E-state index is 9.77. The maximum Gasteiger partial charge on any atom is 0.265 e. The Balaban J connectivity index is 1.74. The van der Waals surface area contributed by atoms with E-state index in [0.29, 0.717) is 11.2 Å². The molecule has 3 rings (SSSR count). The third-order valence-electron chi connectivity index (χ3n) is 4.18. The van der Waals surface area contributed by atoms with Gasteiger partial charge in [-0.2, -0.15) is 10.1 Å². The number of nitrogens with zero attached hydrogens (tertiary/aromatic N) is 5. The number of aliphatic hydroxyl groups is 5. The monoisotopic (exact) mass is 376 g/mol. The van der Waals surface area contributed by atoms with Crippen LogP contribution in [0.4, 0.5) is 5.95 Å². The summed E-state index contributed by atoms with van der Waals surface area (Å²) in [5.41, 5.74) is 4.66. The molecule has 11 nitrogen and oxygen atoms in total. The van der Waals surface area contributed by atoms with Crippen molar-refractivity contribution in [1.29, 1.82) is 0 Å². The van der Waals surface area contributed by atoms with Crippen LogP contribution in [0.15, 0.2) is 29.4 Å². The number of hydrazone groups is 1. The molecular weight excluding hydrogens is 356 g/mol. The molecule has 0 unspecified atom stereocenters. The molecule has 0 aliphatic heterocycles. The second-order valence-electron chi connectivity index (χ2n) is 6.00. The van der Waals surface area contributed by atoms with Crippen molar-refractivity contribution < 1.29 is 25.5 Å². The predicted octanol–water partition coefficient (Wildman–Crippen LogP) is -1.65. The van der Waals surface area contributed by atoms with Crippen molar-refractivity contribution in [3.05, 3.63) is 24.3 Å². The van der Waals surface area contributed by atoms with Gasteiger partial charge in [-0.05, 0) is 6.07 Å². The number of fused-ring (bicyclic) bond motifs is 3. The Labute approximate surface area is 153 Å². The zero-order valence-corrected chi connectivity index (χ0v) is 14.4. The summed E-state index contributed by atoms with van der Waals surface area (Å²) >= 11 is 0. The van der Waals surface area contributed by atoms with Crippen molar-refractivity contribution in [2.75, 3.05) is 12.0 Å². The molecule has 0 aliphatic rings. The molecular formula is C16H20N6O5. The van der Waals surface area contributed by atoms with Crippen LogP contribution in [0.3, 0.4) is 0 Å². The summed E-state index contributed by atoms with van der Waals surface area (Å²) in [5, 5.41) is 59.7. The van der Waals surface area contributed by atoms with Crippen molar-refractivity contribution in [2.24, 2.45) is 12.1 Å². The summed E-state index contributed by atoms with van der Waals surface area (Å²) in [6.45, 7) is -0.759. The quantitative estimate of drug-likeness (QED) is 0.209. The van der Waals surface area contributed by atoms with Crippen LogP contribution in [0.5, 0.6) is 0 Å². The Morgan fingerprint density at radius 1 is 1.15 bits per heavy atom. The highest BCUT2D eigenvalue weighted by atomic mass is 16.4. The fourth-order valence-corrected chi connectivity index (χ4v) is 2.65. The van der Waals surface area contributed by atoms with Crippen LogP contribution >= 0.6 is 0 Å². The molecule has 0 radical (unpaired) electrons. The van der Waals surface area contributed by atoms with E-state index in [0.717, 1.165) is 17.1 Å². The van der Waals surface area contributed by atoms with Crippen LogP contribution in [0.25, 0.3) is 22.1 Å². The summed E-state index contributed by atoms with van der Waals surface area (Å²) in [4.78, 5) is 4.33. The van der Waals surface area contributed by atoms with Gasteiger partial charge in [-0.3, -0.25) is 0 Å². The average Bonchev–Trinajstić information content (AvgIpc) is 2.98. The van der Waals surface area contributed by atoms with Gasteiger partial charge in [0.15, 0.2) is 5.65 Å². The van der Waals surface area contributed by atoms with Crippen LogP contribution in [0, 0.1) is 0 Å². The van der Waals surface area contributed by atoms with Crippen molar-refractivity contribution in [2.45, 2.75) is 24.4 Å². The number of hydrogen-bond acceptors (Lipinski definition) is 10. The number of para-hydroxylation sites is 1. The molecule has 144 valence electrons. The van der Waals surface area contributed by atoms with Crippen molar-refractivity contribution in [1.82, 2.24) is 19.7 Å². The largest absolute Gasteiger partial charge is 0.394 e. The normalized spacial score (nSPS) is 16.7. The van der Waals surface area contributed by atoms with Gasteiger partial charge in [0.05, 0.1) is 18.3 Å². The predicted molar refractivity (Wildman–Crippen MR) is 97.0 cm³/mol. The molecule has 4 atom stereocenters. The molecule has 6 N–H and O–H groups in total. The van der Waals surface area contributed by atoms with E-state index in [1.165, 1.54) is 0 Å². The first-order valence-corrected chi connectivity index (χ1v) is 8.14. The summed E-state index contributed by atoms with van der Waals surface area (Å²) in [5.74, 6) is 0.0716. The number of hydrogen-bond donors (Lipinski definition) is 6. The Bertz CT molecular complexity index is 961. The van der Waals surface area contributed by atoms with Gasteiger partial charge in [-0.25, -0.2) is 5.43 Å². The minimum Gasteiger partial charge on any atom is -0.394 e. The lowest BCUT2D eigenvalue weighted by Crippen LogP contribution is -2.46. The molecule has 0 spiro atoms. The van der Waals surface area contributed by atoms with E-state index < -0.39 is 31.0 Å². The lowest BCUT2D eigenvalue weighted by atomic mass is 10.0. The van der Waals surface area contributed by atoms with Gasteiger partial charge < -0.3 is 30.1 Å². The Kier molecular flexibility index (Phi) is 5.58. The Morgan fingerprint density at radius 2 is 1.89 bits per heavy atom.